The van der Waals surface area contributed by atoms with Crippen LogP contribution in [0, 0.1) is 0 Å². The molecule has 3 atom stereocenters. The molecule has 1 aromatic carbocycles. The van der Waals surface area contributed by atoms with Crippen LogP contribution in [0.5, 0.6) is 0 Å². The number of hydrogen-bond acceptors (Lipinski definition) is 3. The van der Waals surface area contributed by atoms with Crippen LogP contribution in [0.25, 0.3) is 0 Å². The second-order valence-corrected chi connectivity index (χ2v) is 7.76. The van der Waals surface area contributed by atoms with Crippen LogP contribution in [-0.2, 0) is 15.7 Å². The van der Waals surface area contributed by atoms with Crippen molar-refractivity contribution in [3.8, 4) is 0 Å². The summed E-state index contributed by atoms with van der Waals surface area (Å²) in [5, 5.41) is 0. The summed E-state index contributed by atoms with van der Waals surface area (Å²) in [6.07, 6.45) is -0.866. The van der Waals surface area contributed by atoms with Crippen molar-refractivity contribution in [2.24, 2.45) is 0 Å². The summed E-state index contributed by atoms with van der Waals surface area (Å²) in [6, 6.07) is 9.31. The van der Waals surface area contributed by atoms with Crippen LogP contribution >= 0.6 is 0 Å². The first-order valence-electron chi connectivity index (χ1n) is 6.29. The van der Waals surface area contributed by atoms with Crippen molar-refractivity contribution in [1.29, 1.82) is 0 Å². The number of carbonyl (C=O) groups is 1. The Balaban J connectivity index is 2.27. The van der Waals surface area contributed by atoms with E-state index in [0.29, 0.717) is 0 Å². The monoisotopic (exact) mass is 281 g/mol. The van der Waals surface area contributed by atoms with E-state index in [9.17, 15) is 9.00 Å². The van der Waals surface area contributed by atoms with Crippen LogP contribution < -0.4 is 0 Å². The number of hydrogen-bond donors (Lipinski definition) is 0. The van der Waals surface area contributed by atoms with E-state index in [1.165, 1.54) is 4.31 Å². The summed E-state index contributed by atoms with van der Waals surface area (Å²) in [6.45, 7) is 7.41. The van der Waals surface area contributed by atoms with E-state index in [1.54, 1.807) is 0 Å². The SMILES string of the molecule is C[C@@H]1[C@H](c2ccccc2)OC(=O)N1[S@@](=O)C(C)(C)C. The van der Waals surface area contributed by atoms with Gasteiger partial charge in [0.1, 0.15) is 11.0 Å². The van der Waals surface area contributed by atoms with Gasteiger partial charge in [0.15, 0.2) is 6.10 Å². The summed E-state index contributed by atoms with van der Waals surface area (Å²) < 4.78 is 18.6. The zero-order valence-corrected chi connectivity index (χ0v) is 12.4. The molecule has 0 N–H and O–H groups in total. The molecular formula is C14H19NO3S. The number of amides is 1. The molecule has 5 heteroatoms. The number of ether oxygens (including phenoxy) is 1. The molecule has 19 heavy (non-hydrogen) atoms. The minimum absolute atomic E-state index is 0.241. The van der Waals surface area contributed by atoms with Crippen molar-refractivity contribution >= 4 is 17.1 Å². The maximum Gasteiger partial charge on any atom is 0.422 e. The standard InChI is InChI=1S/C14H19NO3S/c1-10-12(11-8-6-5-7-9-11)18-13(16)15(10)19(17)14(2,3)4/h5-10,12H,1-4H3/t10-,12-,19+/m1/s1. The molecule has 4 nitrogen and oxygen atoms in total. The van der Waals surface area contributed by atoms with Crippen molar-refractivity contribution in [3.63, 3.8) is 0 Å². The molecule has 0 saturated carbocycles. The largest absolute Gasteiger partial charge is 0.438 e. The van der Waals surface area contributed by atoms with Crippen LogP contribution in [0.4, 0.5) is 4.79 Å². The molecule has 1 aromatic rings. The van der Waals surface area contributed by atoms with Gasteiger partial charge in [-0.05, 0) is 33.3 Å². The van der Waals surface area contributed by atoms with Gasteiger partial charge >= 0.3 is 6.09 Å². The van der Waals surface area contributed by atoms with Crippen molar-refractivity contribution in [1.82, 2.24) is 4.31 Å². The van der Waals surface area contributed by atoms with Gasteiger partial charge in [-0.3, -0.25) is 0 Å². The highest BCUT2D eigenvalue weighted by molar-refractivity contribution is 7.84. The van der Waals surface area contributed by atoms with Gasteiger partial charge in [0.25, 0.3) is 0 Å². The predicted octanol–water partition coefficient (Wildman–Crippen LogP) is 3.03. The summed E-state index contributed by atoms with van der Waals surface area (Å²) in [7, 11) is -1.41. The first-order chi connectivity index (χ1) is 8.82. The van der Waals surface area contributed by atoms with Crippen LogP contribution in [0.1, 0.15) is 39.4 Å². The molecule has 1 fully saturated rings. The second kappa shape index (κ2) is 4.96. The lowest BCUT2D eigenvalue weighted by Gasteiger charge is -2.27. The Hall–Kier alpha value is -1.36. The fourth-order valence-electron chi connectivity index (χ4n) is 2.05. The second-order valence-electron chi connectivity index (χ2n) is 5.64. The Labute approximate surface area is 116 Å². The highest BCUT2D eigenvalue weighted by Crippen LogP contribution is 2.35. The molecule has 0 radical (unpaired) electrons. The molecule has 104 valence electrons. The van der Waals surface area contributed by atoms with Crippen molar-refractivity contribution < 1.29 is 13.7 Å². The quantitative estimate of drug-likeness (QED) is 0.837. The zero-order valence-electron chi connectivity index (χ0n) is 11.6. The van der Waals surface area contributed by atoms with Gasteiger partial charge in [0.2, 0.25) is 0 Å². The molecule has 2 rings (SSSR count). The maximum absolute atomic E-state index is 12.4. The lowest BCUT2D eigenvalue weighted by Crippen LogP contribution is -2.42. The number of carbonyl (C=O) groups excluding carboxylic acids is 1. The molecule has 0 aromatic heterocycles. The molecule has 0 spiro atoms. The summed E-state index contributed by atoms with van der Waals surface area (Å²) in [4.78, 5) is 12.0. The highest BCUT2D eigenvalue weighted by atomic mass is 32.2. The van der Waals surface area contributed by atoms with E-state index in [1.807, 2.05) is 58.0 Å². The first kappa shape index (κ1) is 14.1. The Morgan fingerprint density at radius 1 is 1.21 bits per heavy atom. The lowest BCUT2D eigenvalue weighted by molar-refractivity contribution is 0.133. The van der Waals surface area contributed by atoms with Gasteiger partial charge in [-0.15, -0.1) is 0 Å². The van der Waals surface area contributed by atoms with Crippen molar-refractivity contribution in [2.45, 2.75) is 44.6 Å². The third kappa shape index (κ3) is 2.66. The molecular weight excluding hydrogens is 262 g/mol. The van der Waals surface area contributed by atoms with Crippen LogP contribution in [-0.4, -0.2) is 25.4 Å². The Kier molecular flexibility index (Phi) is 3.67. The average molecular weight is 281 g/mol. The number of rotatable bonds is 2. The molecule has 1 aliphatic heterocycles. The van der Waals surface area contributed by atoms with Crippen LogP contribution in [0.2, 0.25) is 0 Å². The maximum atomic E-state index is 12.4. The number of benzene rings is 1. The van der Waals surface area contributed by atoms with E-state index in [4.69, 9.17) is 4.74 Å². The molecule has 0 aliphatic carbocycles. The molecule has 1 saturated heterocycles. The topological polar surface area (TPSA) is 46.6 Å². The predicted molar refractivity (Wildman–Crippen MR) is 74.9 cm³/mol. The fraction of sp³-hybridized carbons (Fsp3) is 0.500. The smallest absolute Gasteiger partial charge is 0.422 e. The molecule has 0 bridgehead atoms. The fourth-order valence-corrected chi connectivity index (χ4v) is 3.23. The summed E-state index contributed by atoms with van der Waals surface area (Å²) in [5.41, 5.74) is 0.928. The molecule has 1 aliphatic rings. The van der Waals surface area contributed by atoms with Crippen LogP contribution in [0.3, 0.4) is 0 Å². The minimum atomic E-state index is -1.41. The van der Waals surface area contributed by atoms with Crippen molar-refractivity contribution in [2.75, 3.05) is 0 Å². The Morgan fingerprint density at radius 3 is 2.32 bits per heavy atom. The summed E-state index contributed by atoms with van der Waals surface area (Å²) >= 11 is 0. The third-order valence-electron chi connectivity index (χ3n) is 3.05. The Morgan fingerprint density at radius 2 is 1.79 bits per heavy atom. The average Bonchev–Trinajstić information content (AvgIpc) is 2.64. The van der Waals surface area contributed by atoms with Gasteiger partial charge in [0.05, 0.1) is 10.8 Å². The molecule has 1 heterocycles. The normalized spacial score (nSPS) is 25.3. The molecule has 0 unspecified atom stereocenters. The van der Waals surface area contributed by atoms with E-state index < -0.39 is 21.8 Å². The van der Waals surface area contributed by atoms with E-state index >= 15 is 0 Å². The third-order valence-corrected chi connectivity index (χ3v) is 4.93. The van der Waals surface area contributed by atoms with Gasteiger partial charge in [-0.1, -0.05) is 30.3 Å². The molecule has 1 amide bonds. The van der Waals surface area contributed by atoms with Crippen molar-refractivity contribution in [3.05, 3.63) is 35.9 Å². The Bertz CT molecular complexity index is 495. The van der Waals surface area contributed by atoms with Crippen LogP contribution in [0.15, 0.2) is 30.3 Å². The highest BCUT2D eigenvalue weighted by Gasteiger charge is 2.45. The zero-order chi connectivity index (χ0) is 14.2. The van der Waals surface area contributed by atoms with Gasteiger partial charge in [0, 0.05) is 0 Å². The van der Waals surface area contributed by atoms with E-state index in [0.717, 1.165) is 5.56 Å². The van der Waals surface area contributed by atoms with E-state index in [-0.39, 0.29) is 12.1 Å². The van der Waals surface area contributed by atoms with E-state index in [2.05, 4.69) is 0 Å². The summed E-state index contributed by atoms with van der Waals surface area (Å²) in [5.74, 6) is 0. The lowest BCUT2D eigenvalue weighted by atomic mass is 10.0. The van der Waals surface area contributed by atoms with Gasteiger partial charge in [-0.2, -0.15) is 0 Å². The van der Waals surface area contributed by atoms with Gasteiger partial charge < -0.3 is 4.74 Å². The van der Waals surface area contributed by atoms with Gasteiger partial charge in [-0.25, -0.2) is 13.3 Å². The number of cyclic esters (lactones) is 1. The minimum Gasteiger partial charge on any atom is -0.438 e. The first-order valence-corrected chi connectivity index (χ1v) is 7.40. The number of nitrogens with zero attached hydrogens (tertiary/aromatic N) is 1.